The van der Waals surface area contributed by atoms with E-state index in [1.165, 1.54) is 25.9 Å². The molecule has 0 aliphatic carbocycles. The number of halogens is 1. The molecule has 0 aromatic heterocycles. The van der Waals surface area contributed by atoms with E-state index in [0.717, 1.165) is 41.0 Å². The van der Waals surface area contributed by atoms with Crippen molar-refractivity contribution in [1.29, 1.82) is 0 Å². The van der Waals surface area contributed by atoms with Crippen molar-refractivity contribution >= 4 is 11.6 Å². The smallest absolute Gasteiger partial charge is 0.122 e. The number of rotatable bonds is 4. The van der Waals surface area contributed by atoms with E-state index in [-0.39, 0.29) is 0 Å². The van der Waals surface area contributed by atoms with Crippen molar-refractivity contribution in [1.82, 2.24) is 4.90 Å². The maximum atomic E-state index is 6.09. The number of likely N-dealkylation sites (tertiary alicyclic amines) is 1. The molecule has 106 valence electrons. The summed E-state index contributed by atoms with van der Waals surface area (Å²) in [5.74, 6) is 1.79. The van der Waals surface area contributed by atoms with Gasteiger partial charge in [-0.3, -0.25) is 4.90 Å². The Bertz CT molecular complexity index is 433. The van der Waals surface area contributed by atoms with Crippen LogP contribution >= 0.6 is 11.6 Å². The summed E-state index contributed by atoms with van der Waals surface area (Å²) in [4.78, 5) is 2.51. The highest BCUT2D eigenvalue weighted by Crippen LogP contribution is 2.27. The fourth-order valence-corrected chi connectivity index (χ4v) is 2.90. The number of hydrogen-bond donors (Lipinski definition) is 0. The minimum absolute atomic E-state index is 0.759. The molecule has 0 radical (unpaired) electrons. The first kappa shape index (κ1) is 14.7. The van der Waals surface area contributed by atoms with Gasteiger partial charge >= 0.3 is 0 Å². The normalized spacial score (nSPS) is 20.5. The third-order valence-corrected chi connectivity index (χ3v) is 4.49. The quantitative estimate of drug-likeness (QED) is 0.825. The van der Waals surface area contributed by atoms with Gasteiger partial charge in [0.2, 0.25) is 0 Å². The van der Waals surface area contributed by atoms with Crippen LogP contribution in [0.25, 0.3) is 0 Å². The Kier molecular flexibility index (Phi) is 5.12. The second-order valence-corrected chi connectivity index (χ2v) is 6.10. The van der Waals surface area contributed by atoms with Crippen LogP contribution in [0.1, 0.15) is 30.9 Å². The first-order chi connectivity index (χ1) is 9.08. The lowest BCUT2D eigenvalue weighted by Gasteiger charge is -2.30. The summed E-state index contributed by atoms with van der Waals surface area (Å²) in [5.41, 5.74) is 2.27. The Morgan fingerprint density at radius 2 is 2.11 bits per heavy atom. The molecule has 1 aliphatic rings. The van der Waals surface area contributed by atoms with Gasteiger partial charge in [-0.25, -0.2) is 0 Å². The number of piperidine rings is 1. The molecule has 0 N–H and O–H groups in total. The first-order valence-electron chi connectivity index (χ1n) is 7.18. The fraction of sp³-hybridized carbons (Fsp3) is 0.625. The van der Waals surface area contributed by atoms with Crippen molar-refractivity contribution in [3.05, 3.63) is 28.3 Å². The highest BCUT2D eigenvalue weighted by Gasteiger charge is 2.16. The predicted octanol–water partition coefficient (Wildman–Crippen LogP) is 4.07. The lowest BCUT2D eigenvalue weighted by Crippen LogP contribution is -2.37. The monoisotopic (exact) mass is 281 g/mol. The zero-order valence-corrected chi connectivity index (χ0v) is 13.0. The van der Waals surface area contributed by atoms with E-state index in [1.807, 2.05) is 19.1 Å². The molecule has 1 fully saturated rings. The molecule has 1 aliphatic heterocycles. The van der Waals surface area contributed by atoms with E-state index in [4.69, 9.17) is 16.3 Å². The number of hydrogen-bond acceptors (Lipinski definition) is 2. The van der Waals surface area contributed by atoms with E-state index >= 15 is 0 Å². The number of benzene rings is 1. The van der Waals surface area contributed by atoms with Crippen LogP contribution in [0.15, 0.2) is 12.1 Å². The molecular formula is C16H24ClNO. The molecule has 1 atom stereocenters. The summed E-state index contributed by atoms with van der Waals surface area (Å²) in [6.45, 7) is 10.6. The summed E-state index contributed by atoms with van der Waals surface area (Å²) in [5, 5.41) is 0.815. The molecule has 1 saturated heterocycles. The topological polar surface area (TPSA) is 12.5 Å². The summed E-state index contributed by atoms with van der Waals surface area (Å²) >= 11 is 6.09. The minimum Gasteiger partial charge on any atom is -0.492 e. The van der Waals surface area contributed by atoms with Gasteiger partial charge < -0.3 is 4.74 Å². The maximum absolute atomic E-state index is 6.09. The van der Waals surface area contributed by atoms with Crippen molar-refractivity contribution in [3.8, 4) is 5.75 Å². The van der Waals surface area contributed by atoms with Gasteiger partial charge in [-0.2, -0.15) is 0 Å². The summed E-state index contributed by atoms with van der Waals surface area (Å²) in [6.07, 6.45) is 2.69. The maximum Gasteiger partial charge on any atom is 0.122 e. The van der Waals surface area contributed by atoms with Gasteiger partial charge in [0.25, 0.3) is 0 Å². The SMILES string of the molecule is Cc1c(Cl)ccc(OCCN2CCC[C@@H](C)C2)c1C. The first-order valence-corrected chi connectivity index (χ1v) is 7.56. The third-order valence-electron chi connectivity index (χ3n) is 4.08. The van der Waals surface area contributed by atoms with Gasteiger partial charge in [0.15, 0.2) is 0 Å². The molecule has 0 unspecified atom stereocenters. The second-order valence-electron chi connectivity index (χ2n) is 5.69. The van der Waals surface area contributed by atoms with Crippen LogP contribution in [-0.2, 0) is 0 Å². The molecule has 3 heteroatoms. The minimum atomic E-state index is 0.759. The highest BCUT2D eigenvalue weighted by molar-refractivity contribution is 6.31. The number of nitrogens with zero attached hydrogens (tertiary/aromatic N) is 1. The lowest BCUT2D eigenvalue weighted by molar-refractivity contribution is 0.153. The second kappa shape index (κ2) is 6.62. The van der Waals surface area contributed by atoms with Crippen molar-refractivity contribution in [3.63, 3.8) is 0 Å². The van der Waals surface area contributed by atoms with E-state index in [2.05, 4.69) is 18.7 Å². The molecule has 19 heavy (non-hydrogen) atoms. The van der Waals surface area contributed by atoms with Gasteiger partial charge in [0.05, 0.1) is 0 Å². The molecule has 1 aromatic carbocycles. The Morgan fingerprint density at radius 3 is 2.84 bits per heavy atom. The van der Waals surface area contributed by atoms with Crippen LogP contribution in [0.2, 0.25) is 5.02 Å². The van der Waals surface area contributed by atoms with E-state index in [1.54, 1.807) is 0 Å². The van der Waals surface area contributed by atoms with Crippen LogP contribution < -0.4 is 4.74 Å². The molecule has 0 bridgehead atoms. The van der Waals surface area contributed by atoms with Gasteiger partial charge in [0, 0.05) is 18.1 Å². The van der Waals surface area contributed by atoms with Gasteiger partial charge in [-0.1, -0.05) is 18.5 Å². The molecule has 1 aromatic rings. The van der Waals surface area contributed by atoms with Crippen LogP contribution in [0.4, 0.5) is 0 Å². The summed E-state index contributed by atoms with van der Waals surface area (Å²) in [6, 6.07) is 3.89. The van der Waals surface area contributed by atoms with Gasteiger partial charge in [-0.15, -0.1) is 0 Å². The van der Waals surface area contributed by atoms with E-state index in [9.17, 15) is 0 Å². The van der Waals surface area contributed by atoms with Crippen LogP contribution in [-0.4, -0.2) is 31.1 Å². The molecule has 0 saturated carbocycles. The van der Waals surface area contributed by atoms with Crippen LogP contribution in [0, 0.1) is 19.8 Å². The Hall–Kier alpha value is -0.730. The zero-order chi connectivity index (χ0) is 13.8. The Labute approximate surface area is 121 Å². The Morgan fingerprint density at radius 1 is 1.32 bits per heavy atom. The third kappa shape index (κ3) is 3.87. The molecule has 0 amide bonds. The summed E-state index contributed by atoms with van der Waals surface area (Å²) < 4.78 is 5.91. The fourth-order valence-electron chi connectivity index (χ4n) is 2.69. The average Bonchev–Trinajstić information content (AvgIpc) is 2.39. The summed E-state index contributed by atoms with van der Waals surface area (Å²) in [7, 11) is 0. The standard InChI is InChI=1S/C16H24ClNO/c1-12-5-4-8-18(11-12)9-10-19-16-7-6-15(17)13(2)14(16)3/h6-7,12H,4-5,8-11H2,1-3H3/t12-/m1/s1. The molecule has 2 nitrogen and oxygen atoms in total. The van der Waals surface area contributed by atoms with Crippen molar-refractivity contribution in [2.45, 2.75) is 33.6 Å². The van der Waals surface area contributed by atoms with Gasteiger partial charge in [-0.05, 0) is 62.4 Å². The van der Waals surface area contributed by atoms with E-state index in [0.29, 0.717) is 0 Å². The highest BCUT2D eigenvalue weighted by atomic mass is 35.5. The molecular weight excluding hydrogens is 258 g/mol. The van der Waals surface area contributed by atoms with Crippen molar-refractivity contribution < 1.29 is 4.74 Å². The van der Waals surface area contributed by atoms with Gasteiger partial charge in [0.1, 0.15) is 12.4 Å². The van der Waals surface area contributed by atoms with E-state index < -0.39 is 0 Å². The van der Waals surface area contributed by atoms with Crippen LogP contribution in [0.5, 0.6) is 5.75 Å². The predicted molar refractivity (Wildman–Crippen MR) is 81.3 cm³/mol. The average molecular weight is 282 g/mol. The molecule has 1 heterocycles. The lowest BCUT2D eigenvalue weighted by atomic mass is 10.0. The molecule has 0 spiro atoms. The molecule has 2 rings (SSSR count). The number of ether oxygens (including phenoxy) is 1. The van der Waals surface area contributed by atoms with Crippen molar-refractivity contribution in [2.24, 2.45) is 5.92 Å². The largest absolute Gasteiger partial charge is 0.492 e. The Balaban J connectivity index is 1.84. The van der Waals surface area contributed by atoms with Crippen molar-refractivity contribution in [2.75, 3.05) is 26.2 Å². The zero-order valence-electron chi connectivity index (χ0n) is 12.2. The van der Waals surface area contributed by atoms with Crippen LogP contribution in [0.3, 0.4) is 0 Å².